The first kappa shape index (κ1) is 13.1. The smallest absolute Gasteiger partial charge is 0.0470 e. The first-order valence-electron chi connectivity index (χ1n) is 5.57. The summed E-state index contributed by atoms with van der Waals surface area (Å²) in [6.45, 7) is 0.655. The van der Waals surface area contributed by atoms with Crippen LogP contribution in [-0.4, -0.2) is 7.05 Å². The molecule has 2 aromatic carbocycles. The van der Waals surface area contributed by atoms with Gasteiger partial charge in [0.2, 0.25) is 0 Å². The van der Waals surface area contributed by atoms with Gasteiger partial charge in [-0.2, -0.15) is 0 Å². The topological polar surface area (TPSA) is 29.3 Å². The molecule has 0 aliphatic rings. The van der Waals surface area contributed by atoms with Crippen molar-refractivity contribution in [3.8, 4) is 0 Å². The Hall–Kier alpha value is -1.38. The van der Waals surface area contributed by atoms with Gasteiger partial charge in [0.1, 0.15) is 0 Å². The largest absolute Gasteiger partial charge is 0.399 e. The average Bonchev–Trinajstić information content (AvgIpc) is 2.34. The van der Waals surface area contributed by atoms with Gasteiger partial charge in [-0.25, -0.2) is 0 Å². The maximum Gasteiger partial charge on any atom is 0.0470 e. The molecule has 18 heavy (non-hydrogen) atoms. The van der Waals surface area contributed by atoms with Crippen LogP contribution in [-0.2, 0) is 6.54 Å². The average molecular weight is 281 g/mol. The van der Waals surface area contributed by atoms with E-state index in [1.165, 1.54) is 0 Å². The molecule has 0 radical (unpaired) electrons. The maximum atomic E-state index is 6.16. The van der Waals surface area contributed by atoms with Crippen molar-refractivity contribution < 1.29 is 0 Å². The summed E-state index contributed by atoms with van der Waals surface area (Å²) >= 11 is 12.3. The van der Waals surface area contributed by atoms with E-state index in [9.17, 15) is 0 Å². The first-order chi connectivity index (χ1) is 8.58. The van der Waals surface area contributed by atoms with Gasteiger partial charge in [-0.3, -0.25) is 0 Å². The van der Waals surface area contributed by atoms with Crippen LogP contribution >= 0.6 is 23.2 Å². The van der Waals surface area contributed by atoms with Crippen LogP contribution in [0.1, 0.15) is 5.56 Å². The molecule has 94 valence electrons. The highest BCUT2D eigenvalue weighted by molar-refractivity contribution is 6.36. The lowest BCUT2D eigenvalue weighted by atomic mass is 10.2. The van der Waals surface area contributed by atoms with Crippen LogP contribution in [0, 0.1) is 0 Å². The number of nitrogen functional groups attached to an aromatic ring is 1. The Morgan fingerprint density at radius 3 is 2.11 bits per heavy atom. The minimum atomic E-state index is 0.655. The molecule has 0 bridgehead atoms. The van der Waals surface area contributed by atoms with Crippen LogP contribution in [0.3, 0.4) is 0 Å². The zero-order valence-corrected chi connectivity index (χ0v) is 11.5. The Kier molecular flexibility index (Phi) is 4.00. The molecule has 0 atom stereocenters. The molecule has 4 heteroatoms. The third kappa shape index (κ3) is 2.89. The van der Waals surface area contributed by atoms with Crippen molar-refractivity contribution in [3.63, 3.8) is 0 Å². The quantitative estimate of drug-likeness (QED) is 0.854. The van der Waals surface area contributed by atoms with E-state index in [0.29, 0.717) is 16.6 Å². The minimum Gasteiger partial charge on any atom is -0.399 e. The van der Waals surface area contributed by atoms with E-state index >= 15 is 0 Å². The molecule has 0 aliphatic carbocycles. The van der Waals surface area contributed by atoms with E-state index in [2.05, 4.69) is 4.90 Å². The van der Waals surface area contributed by atoms with E-state index in [1.807, 2.05) is 49.5 Å². The van der Waals surface area contributed by atoms with Crippen molar-refractivity contribution >= 4 is 34.6 Å². The summed E-state index contributed by atoms with van der Waals surface area (Å²) in [6, 6.07) is 13.2. The Morgan fingerprint density at radius 2 is 1.56 bits per heavy atom. The number of halogens is 2. The standard InChI is InChI=1S/C14H14Cl2N2/c1-18(11-7-5-10(17)6-8-11)9-12-13(15)3-2-4-14(12)16/h2-8H,9,17H2,1H3. The third-order valence-electron chi connectivity index (χ3n) is 2.79. The molecule has 2 N–H and O–H groups in total. The van der Waals surface area contributed by atoms with Crippen LogP contribution in [0.4, 0.5) is 11.4 Å². The number of nitrogens with zero attached hydrogens (tertiary/aromatic N) is 1. The Morgan fingerprint density at radius 1 is 1.00 bits per heavy atom. The summed E-state index contributed by atoms with van der Waals surface area (Å²) in [5.41, 5.74) is 8.42. The van der Waals surface area contributed by atoms with Gasteiger partial charge in [-0.15, -0.1) is 0 Å². The van der Waals surface area contributed by atoms with Crippen molar-refractivity contribution in [1.82, 2.24) is 0 Å². The first-order valence-corrected chi connectivity index (χ1v) is 6.33. The van der Waals surface area contributed by atoms with E-state index in [-0.39, 0.29) is 0 Å². The van der Waals surface area contributed by atoms with Gasteiger partial charge in [0.25, 0.3) is 0 Å². The highest BCUT2D eigenvalue weighted by Gasteiger charge is 2.09. The van der Waals surface area contributed by atoms with Gasteiger partial charge in [-0.1, -0.05) is 29.3 Å². The number of hydrogen-bond donors (Lipinski definition) is 1. The summed E-state index contributed by atoms with van der Waals surface area (Å²) < 4.78 is 0. The summed E-state index contributed by atoms with van der Waals surface area (Å²) in [5.74, 6) is 0. The van der Waals surface area contributed by atoms with Crippen LogP contribution in [0.15, 0.2) is 42.5 Å². The van der Waals surface area contributed by atoms with Gasteiger partial charge in [-0.05, 0) is 36.4 Å². The lowest BCUT2D eigenvalue weighted by Crippen LogP contribution is -2.16. The second-order valence-electron chi connectivity index (χ2n) is 4.15. The van der Waals surface area contributed by atoms with Gasteiger partial charge in [0.15, 0.2) is 0 Å². The summed E-state index contributed by atoms with van der Waals surface area (Å²) in [5, 5.41) is 1.37. The SMILES string of the molecule is CN(Cc1c(Cl)cccc1Cl)c1ccc(N)cc1. The number of rotatable bonds is 3. The number of hydrogen-bond acceptors (Lipinski definition) is 2. The van der Waals surface area contributed by atoms with Crippen molar-refractivity contribution in [2.45, 2.75) is 6.54 Å². The normalized spacial score (nSPS) is 10.4. The molecule has 0 fully saturated rings. The van der Waals surface area contributed by atoms with Crippen LogP contribution in [0.2, 0.25) is 10.0 Å². The molecule has 2 nitrogen and oxygen atoms in total. The monoisotopic (exact) mass is 280 g/mol. The van der Waals surface area contributed by atoms with E-state index in [0.717, 1.165) is 16.9 Å². The lowest BCUT2D eigenvalue weighted by molar-refractivity contribution is 0.924. The lowest BCUT2D eigenvalue weighted by Gasteiger charge is -2.21. The summed E-state index contributed by atoms with van der Waals surface area (Å²) in [6.07, 6.45) is 0. The molecule has 0 amide bonds. The Balaban J connectivity index is 2.21. The van der Waals surface area contributed by atoms with E-state index < -0.39 is 0 Å². The molecule has 0 heterocycles. The maximum absolute atomic E-state index is 6.16. The van der Waals surface area contributed by atoms with Crippen molar-refractivity contribution in [2.24, 2.45) is 0 Å². The highest BCUT2D eigenvalue weighted by atomic mass is 35.5. The van der Waals surface area contributed by atoms with E-state index in [1.54, 1.807) is 0 Å². The fourth-order valence-electron chi connectivity index (χ4n) is 1.74. The summed E-state index contributed by atoms with van der Waals surface area (Å²) in [7, 11) is 1.99. The fourth-order valence-corrected chi connectivity index (χ4v) is 2.26. The molecule has 2 rings (SSSR count). The molecule has 0 aliphatic heterocycles. The van der Waals surface area contributed by atoms with Crippen LogP contribution in [0.25, 0.3) is 0 Å². The van der Waals surface area contributed by atoms with Gasteiger partial charge >= 0.3 is 0 Å². The number of nitrogens with two attached hydrogens (primary N) is 1. The molecule has 0 unspecified atom stereocenters. The molecule has 0 saturated heterocycles. The van der Waals surface area contributed by atoms with Gasteiger partial charge in [0, 0.05) is 40.6 Å². The van der Waals surface area contributed by atoms with Crippen molar-refractivity contribution in [2.75, 3.05) is 17.7 Å². The minimum absolute atomic E-state index is 0.655. The van der Waals surface area contributed by atoms with Crippen LogP contribution < -0.4 is 10.6 Å². The van der Waals surface area contributed by atoms with Gasteiger partial charge in [0.05, 0.1) is 0 Å². The Bertz CT molecular complexity index is 518. The zero-order valence-electron chi connectivity index (χ0n) is 10.0. The predicted molar refractivity (Wildman–Crippen MR) is 79.4 cm³/mol. The van der Waals surface area contributed by atoms with Crippen molar-refractivity contribution in [3.05, 3.63) is 58.1 Å². The third-order valence-corrected chi connectivity index (χ3v) is 3.50. The van der Waals surface area contributed by atoms with Crippen molar-refractivity contribution in [1.29, 1.82) is 0 Å². The van der Waals surface area contributed by atoms with E-state index in [4.69, 9.17) is 28.9 Å². The Labute approximate surface area is 117 Å². The fraction of sp³-hybridized carbons (Fsp3) is 0.143. The zero-order chi connectivity index (χ0) is 13.1. The highest BCUT2D eigenvalue weighted by Crippen LogP contribution is 2.27. The molecule has 0 aromatic heterocycles. The second kappa shape index (κ2) is 5.51. The van der Waals surface area contributed by atoms with Gasteiger partial charge < -0.3 is 10.6 Å². The molecular formula is C14H14Cl2N2. The molecule has 2 aromatic rings. The molecule has 0 saturated carbocycles. The summed E-state index contributed by atoms with van der Waals surface area (Å²) in [4.78, 5) is 2.08. The molecular weight excluding hydrogens is 267 g/mol. The number of benzene rings is 2. The van der Waals surface area contributed by atoms with Crippen LogP contribution in [0.5, 0.6) is 0 Å². The second-order valence-corrected chi connectivity index (χ2v) is 4.96. The molecule has 0 spiro atoms. The predicted octanol–water partition coefficient (Wildman–Crippen LogP) is 4.21. The number of anilines is 2.